The first-order chi connectivity index (χ1) is 12.3. The normalized spacial score (nSPS) is 11.2. The molecule has 132 valence electrons. The molecule has 26 heavy (non-hydrogen) atoms. The van der Waals surface area contributed by atoms with Gasteiger partial charge in [0.2, 0.25) is 0 Å². The number of alkyl halides is 3. The number of hydrogen-bond acceptors (Lipinski definition) is 2. The summed E-state index contributed by atoms with van der Waals surface area (Å²) in [6.07, 6.45) is -3.07. The number of hydrogen-bond donors (Lipinski definition) is 1. The molecule has 0 atom stereocenters. The maximum Gasteiger partial charge on any atom is 0.416 e. The largest absolute Gasteiger partial charge is 0.416 e. The van der Waals surface area contributed by atoms with E-state index >= 15 is 0 Å². The number of pyridine rings is 1. The van der Waals surface area contributed by atoms with Crippen LogP contribution in [0.25, 0.3) is 11.1 Å². The molecule has 0 aliphatic heterocycles. The van der Waals surface area contributed by atoms with Gasteiger partial charge in [0.1, 0.15) is 0 Å². The SMILES string of the molecule is O=C(Nc1ccc(-c2ccc(C(F)(F)F)cc2)cc1)c1ncccc1F. The predicted molar refractivity (Wildman–Crippen MR) is 89.0 cm³/mol. The van der Waals surface area contributed by atoms with E-state index in [0.29, 0.717) is 16.8 Å². The van der Waals surface area contributed by atoms with Crippen LogP contribution in [0, 0.1) is 5.82 Å². The third kappa shape index (κ3) is 3.88. The Bertz CT molecular complexity index is 920. The first-order valence-electron chi connectivity index (χ1n) is 7.54. The molecule has 0 aliphatic carbocycles. The van der Waals surface area contributed by atoms with Gasteiger partial charge in [-0.15, -0.1) is 0 Å². The van der Waals surface area contributed by atoms with E-state index in [4.69, 9.17) is 0 Å². The number of carbonyl (C=O) groups is 1. The summed E-state index contributed by atoms with van der Waals surface area (Å²) in [6, 6.07) is 13.7. The van der Waals surface area contributed by atoms with Crippen LogP contribution >= 0.6 is 0 Å². The third-order valence-electron chi connectivity index (χ3n) is 3.66. The van der Waals surface area contributed by atoms with Crippen molar-refractivity contribution in [3.8, 4) is 11.1 Å². The molecule has 7 heteroatoms. The van der Waals surface area contributed by atoms with Gasteiger partial charge in [-0.2, -0.15) is 13.2 Å². The lowest BCUT2D eigenvalue weighted by Gasteiger charge is -2.09. The summed E-state index contributed by atoms with van der Waals surface area (Å²) in [6.45, 7) is 0. The molecule has 0 aliphatic rings. The van der Waals surface area contributed by atoms with Crippen LogP contribution in [0.1, 0.15) is 16.1 Å². The van der Waals surface area contributed by atoms with Crippen molar-refractivity contribution >= 4 is 11.6 Å². The second-order valence-corrected chi connectivity index (χ2v) is 5.44. The van der Waals surface area contributed by atoms with E-state index in [-0.39, 0.29) is 5.69 Å². The van der Waals surface area contributed by atoms with Crippen LogP contribution in [-0.4, -0.2) is 10.9 Å². The van der Waals surface area contributed by atoms with Crippen molar-refractivity contribution in [1.82, 2.24) is 4.98 Å². The lowest BCUT2D eigenvalue weighted by atomic mass is 10.0. The molecular weight excluding hydrogens is 348 g/mol. The summed E-state index contributed by atoms with van der Waals surface area (Å²) in [4.78, 5) is 15.7. The van der Waals surface area contributed by atoms with E-state index in [1.54, 1.807) is 24.3 Å². The van der Waals surface area contributed by atoms with E-state index in [2.05, 4.69) is 10.3 Å². The van der Waals surface area contributed by atoms with Gasteiger partial charge in [-0.3, -0.25) is 4.79 Å². The standard InChI is InChI=1S/C19H12F4N2O/c20-16-2-1-11-24-17(16)18(26)25-15-9-5-13(6-10-15)12-3-7-14(8-4-12)19(21,22)23/h1-11H,(H,25,26). The Hall–Kier alpha value is -3.22. The van der Waals surface area contributed by atoms with Gasteiger partial charge in [-0.25, -0.2) is 9.37 Å². The quantitative estimate of drug-likeness (QED) is 0.656. The average Bonchev–Trinajstić information content (AvgIpc) is 2.62. The Morgan fingerprint density at radius 1 is 0.885 bits per heavy atom. The number of benzene rings is 2. The topological polar surface area (TPSA) is 42.0 Å². The van der Waals surface area contributed by atoms with E-state index in [1.165, 1.54) is 24.4 Å². The minimum atomic E-state index is -4.38. The molecule has 0 spiro atoms. The molecule has 3 aromatic rings. The van der Waals surface area contributed by atoms with Crippen molar-refractivity contribution < 1.29 is 22.4 Å². The number of aromatic nitrogens is 1. The van der Waals surface area contributed by atoms with Crippen molar-refractivity contribution in [2.24, 2.45) is 0 Å². The number of carbonyl (C=O) groups excluding carboxylic acids is 1. The number of halogens is 4. The molecule has 1 aromatic heterocycles. The van der Waals surface area contributed by atoms with E-state index < -0.39 is 23.5 Å². The summed E-state index contributed by atoms with van der Waals surface area (Å²) in [5.41, 5.74) is 0.657. The van der Waals surface area contributed by atoms with Crippen molar-refractivity contribution in [1.29, 1.82) is 0 Å². The molecular formula is C19H12F4N2O. The van der Waals surface area contributed by atoms with Gasteiger partial charge in [-0.1, -0.05) is 24.3 Å². The fourth-order valence-corrected chi connectivity index (χ4v) is 2.34. The zero-order chi connectivity index (χ0) is 18.7. The molecule has 0 saturated carbocycles. The Labute approximate surface area is 146 Å². The minimum Gasteiger partial charge on any atom is -0.321 e. The molecule has 3 rings (SSSR count). The zero-order valence-corrected chi connectivity index (χ0v) is 13.2. The summed E-state index contributed by atoms with van der Waals surface area (Å²) >= 11 is 0. The summed E-state index contributed by atoms with van der Waals surface area (Å²) < 4.78 is 51.3. The van der Waals surface area contributed by atoms with Crippen LogP contribution in [0.5, 0.6) is 0 Å². The van der Waals surface area contributed by atoms with E-state index in [0.717, 1.165) is 18.2 Å². The first-order valence-corrected chi connectivity index (χ1v) is 7.54. The van der Waals surface area contributed by atoms with Crippen LogP contribution in [0.4, 0.5) is 23.2 Å². The Balaban J connectivity index is 1.74. The summed E-state index contributed by atoms with van der Waals surface area (Å²) in [5.74, 6) is -1.42. The van der Waals surface area contributed by atoms with Crippen molar-refractivity contribution in [2.75, 3.05) is 5.32 Å². The number of nitrogens with one attached hydrogen (secondary N) is 1. The van der Waals surface area contributed by atoms with Crippen molar-refractivity contribution in [2.45, 2.75) is 6.18 Å². The average molecular weight is 360 g/mol. The van der Waals surface area contributed by atoms with Crippen LogP contribution in [0.2, 0.25) is 0 Å². The number of anilines is 1. The molecule has 1 N–H and O–H groups in total. The first kappa shape index (κ1) is 17.6. The highest BCUT2D eigenvalue weighted by Gasteiger charge is 2.29. The Kier molecular flexibility index (Phi) is 4.71. The predicted octanol–water partition coefficient (Wildman–Crippen LogP) is 5.16. The lowest BCUT2D eigenvalue weighted by molar-refractivity contribution is -0.137. The fraction of sp³-hybridized carbons (Fsp3) is 0.0526. The highest BCUT2D eigenvalue weighted by molar-refractivity contribution is 6.03. The maximum atomic E-state index is 13.5. The summed E-state index contributed by atoms with van der Waals surface area (Å²) in [7, 11) is 0. The second-order valence-electron chi connectivity index (χ2n) is 5.44. The van der Waals surface area contributed by atoms with Gasteiger partial charge in [-0.05, 0) is 47.5 Å². The molecule has 0 radical (unpaired) electrons. The second kappa shape index (κ2) is 6.95. The minimum absolute atomic E-state index is 0.320. The number of rotatable bonds is 3. The molecule has 1 heterocycles. The summed E-state index contributed by atoms with van der Waals surface area (Å²) in [5, 5.41) is 2.52. The maximum absolute atomic E-state index is 13.5. The van der Waals surface area contributed by atoms with Crippen molar-refractivity contribution in [3.63, 3.8) is 0 Å². The fourth-order valence-electron chi connectivity index (χ4n) is 2.34. The van der Waals surface area contributed by atoms with Gasteiger partial charge < -0.3 is 5.32 Å². The zero-order valence-electron chi connectivity index (χ0n) is 13.2. The Morgan fingerprint density at radius 2 is 1.46 bits per heavy atom. The number of amides is 1. The van der Waals surface area contributed by atoms with Crippen LogP contribution < -0.4 is 5.32 Å². The van der Waals surface area contributed by atoms with Crippen molar-refractivity contribution in [3.05, 3.63) is 83.9 Å². The third-order valence-corrected chi connectivity index (χ3v) is 3.66. The lowest BCUT2D eigenvalue weighted by Crippen LogP contribution is -2.15. The van der Waals surface area contributed by atoms with Gasteiger partial charge in [0, 0.05) is 11.9 Å². The number of nitrogens with zero attached hydrogens (tertiary/aromatic N) is 1. The van der Waals surface area contributed by atoms with Gasteiger partial charge in [0.15, 0.2) is 11.5 Å². The monoisotopic (exact) mass is 360 g/mol. The molecule has 3 nitrogen and oxygen atoms in total. The van der Waals surface area contributed by atoms with Gasteiger partial charge in [0.25, 0.3) is 5.91 Å². The smallest absolute Gasteiger partial charge is 0.321 e. The molecule has 2 aromatic carbocycles. The van der Waals surface area contributed by atoms with Crippen LogP contribution in [0.3, 0.4) is 0 Å². The molecule has 0 bridgehead atoms. The highest BCUT2D eigenvalue weighted by atomic mass is 19.4. The van der Waals surface area contributed by atoms with E-state index in [1.807, 2.05) is 0 Å². The molecule has 1 amide bonds. The van der Waals surface area contributed by atoms with Crippen LogP contribution in [-0.2, 0) is 6.18 Å². The molecule has 0 fully saturated rings. The molecule has 0 saturated heterocycles. The van der Waals surface area contributed by atoms with Crippen LogP contribution in [0.15, 0.2) is 66.9 Å². The molecule has 0 unspecified atom stereocenters. The van der Waals surface area contributed by atoms with Gasteiger partial charge in [0.05, 0.1) is 5.56 Å². The Morgan fingerprint density at radius 3 is 2.00 bits per heavy atom. The van der Waals surface area contributed by atoms with Gasteiger partial charge >= 0.3 is 6.18 Å². The van der Waals surface area contributed by atoms with E-state index in [9.17, 15) is 22.4 Å². The highest BCUT2D eigenvalue weighted by Crippen LogP contribution is 2.31.